The molecule has 1 aliphatic carbocycles. The number of hydrogen-bond acceptors (Lipinski definition) is 2. The quantitative estimate of drug-likeness (QED) is 0.795. The summed E-state index contributed by atoms with van der Waals surface area (Å²) in [5, 5.41) is 0. The van der Waals surface area contributed by atoms with Crippen molar-refractivity contribution < 1.29 is 8.42 Å². The van der Waals surface area contributed by atoms with Crippen molar-refractivity contribution in [2.45, 2.75) is 50.3 Å². The van der Waals surface area contributed by atoms with Crippen molar-refractivity contribution in [2.24, 2.45) is 0 Å². The molecule has 1 aromatic rings. The average Bonchev–Trinajstić information content (AvgIpc) is 2.67. The summed E-state index contributed by atoms with van der Waals surface area (Å²) in [4.78, 5) is 0. The van der Waals surface area contributed by atoms with Crippen molar-refractivity contribution in [1.29, 1.82) is 0 Å². The zero-order valence-electron chi connectivity index (χ0n) is 11.6. The van der Waals surface area contributed by atoms with E-state index in [1.165, 1.54) is 12.8 Å². The van der Waals surface area contributed by atoms with Crippen LogP contribution in [0.15, 0.2) is 30.3 Å². The second-order valence-electron chi connectivity index (χ2n) is 5.40. The fourth-order valence-corrected chi connectivity index (χ4v) is 4.22. The van der Waals surface area contributed by atoms with E-state index in [2.05, 4.69) is 0 Å². The first-order chi connectivity index (χ1) is 9.09. The smallest absolute Gasteiger partial charge is 0.212 e. The van der Waals surface area contributed by atoms with Crippen LogP contribution in [0.2, 0.25) is 0 Å². The van der Waals surface area contributed by atoms with Crippen LogP contribution in [0.3, 0.4) is 0 Å². The Bertz CT molecular complexity index is 476. The van der Waals surface area contributed by atoms with E-state index in [9.17, 15) is 8.42 Å². The molecule has 19 heavy (non-hydrogen) atoms. The largest absolute Gasteiger partial charge is 0.218 e. The minimum absolute atomic E-state index is 0.112. The van der Waals surface area contributed by atoms with Crippen molar-refractivity contribution >= 4 is 10.0 Å². The lowest BCUT2D eigenvalue weighted by molar-refractivity contribution is 0.335. The Morgan fingerprint density at radius 2 is 1.63 bits per heavy atom. The molecule has 0 spiro atoms. The third-order valence-corrected chi connectivity index (χ3v) is 5.84. The van der Waals surface area contributed by atoms with E-state index < -0.39 is 10.0 Å². The monoisotopic (exact) mass is 281 g/mol. The van der Waals surface area contributed by atoms with Crippen molar-refractivity contribution in [3.8, 4) is 0 Å². The topological polar surface area (TPSA) is 37.4 Å². The molecule has 0 unspecified atom stereocenters. The molecule has 0 atom stereocenters. The third kappa shape index (κ3) is 4.05. The Balaban J connectivity index is 2.05. The first kappa shape index (κ1) is 14.5. The molecule has 0 saturated heterocycles. The van der Waals surface area contributed by atoms with Crippen molar-refractivity contribution in [3.05, 3.63) is 35.9 Å². The zero-order chi connectivity index (χ0) is 13.7. The predicted molar refractivity (Wildman–Crippen MR) is 78.3 cm³/mol. The van der Waals surface area contributed by atoms with E-state index in [-0.39, 0.29) is 11.8 Å². The van der Waals surface area contributed by atoms with Gasteiger partial charge < -0.3 is 0 Å². The summed E-state index contributed by atoms with van der Waals surface area (Å²) in [6, 6.07) is 9.62. The van der Waals surface area contributed by atoms with Crippen LogP contribution in [-0.4, -0.2) is 25.8 Å². The normalized spacial score (nSPS) is 18.4. The number of hydrogen-bond donors (Lipinski definition) is 0. The van der Waals surface area contributed by atoms with Gasteiger partial charge in [0.2, 0.25) is 10.0 Å². The summed E-state index contributed by atoms with van der Waals surface area (Å²) in [5.41, 5.74) is 0.864. The van der Waals surface area contributed by atoms with Crippen LogP contribution in [0.5, 0.6) is 0 Å². The van der Waals surface area contributed by atoms with Crippen LogP contribution in [0.1, 0.15) is 44.1 Å². The predicted octanol–water partition coefficient (Wildman–Crippen LogP) is 3.17. The molecule has 1 aliphatic rings. The SMILES string of the molecule is CN(C1CCCCCC1)S(=O)(=O)Cc1ccccc1. The highest BCUT2D eigenvalue weighted by Gasteiger charge is 2.26. The van der Waals surface area contributed by atoms with Crippen LogP contribution in [0, 0.1) is 0 Å². The second kappa shape index (κ2) is 6.53. The number of sulfonamides is 1. The molecule has 0 radical (unpaired) electrons. The molecule has 3 nitrogen and oxygen atoms in total. The van der Waals surface area contributed by atoms with Gasteiger partial charge in [0.25, 0.3) is 0 Å². The van der Waals surface area contributed by atoms with Gasteiger partial charge in [0.1, 0.15) is 0 Å². The summed E-state index contributed by atoms with van der Waals surface area (Å²) in [5.74, 6) is 0.112. The first-order valence-corrected chi connectivity index (χ1v) is 8.70. The van der Waals surface area contributed by atoms with Gasteiger partial charge in [0.15, 0.2) is 0 Å². The van der Waals surface area contributed by atoms with Crippen molar-refractivity contribution in [1.82, 2.24) is 4.31 Å². The summed E-state index contributed by atoms with van der Waals surface area (Å²) >= 11 is 0. The van der Waals surface area contributed by atoms with Gasteiger partial charge in [-0.1, -0.05) is 56.0 Å². The van der Waals surface area contributed by atoms with Gasteiger partial charge >= 0.3 is 0 Å². The van der Waals surface area contributed by atoms with E-state index in [1.54, 1.807) is 11.4 Å². The summed E-state index contributed by atoms with van der Waals surface area (Å²) in [6.07, 6.45) is 6.78. The van der Waals surface area contributed by atoms with Crippen LogP contribution in [0.4, 0.5) is 0 Å². The van der Waals surface area contributed by atoms with Gasteiger partial charge in [-0.2, -0.15) is 0 Å². The van der Waals surface area contributed by atoms with Gasteiger partial charge in [0.05, 0.1) is 5.75 Å². The second-order valence-corrected chi connectivity index (χ2v) is 7.43. The Hall–Kier alpha value is -0.870. The summed E-state index contributed by atoms with van der Waals surface area (Å²) in [6.45, 7) is 0. The minimum atomic E-state index is -3.20. The molecular formula is C15H23NO2S. The van der Waals surface area contributed by atoms with Gasteiger partial charge in [-0.25, -0.2) is 12.7 Å². The Morgan fingerprint density at radius 3 is 2.21 bits per heavy atom. The van der Waals surface area contributed by atoms with E-state index in [0.717, 1.165) is 31.2 Å². The molecular weight excluding hydrogens is 258 g/mol. The van der Waals surface area contributed by atoms with Crippen molar-refractivity contribution in [3.63, 3.8) is 0 Å². The van der Waals surface area contributed by atoms with Gasteiger partial charge in [-0.05, 0) is 18.4 Å². The van der Waals surface area contributed by atoms with Crippen molar-refractivity contribution in [2.75, 3.05) is 7.05 Å². The molecule has 0 amide bonds. The lowest BCUT2D eigenvalue weighted by atomic mass is 10.1. The van der Waals surface area contributed by atoms with Gasteiger partial charge in [-0.15, -0.1) is 0 Å². The zero-order valence-corrected chi connectivity index (χ0v) is 12.4. The molecule has 106 valence electrons. The molecule has 0 heterocycles. The summed E-state index contributed by atoms with van der Waals surface area (Å²) in [7, 11) is -1.45. The molecule has 1 fully saturated rings. The van der Waals surface area contributed by atoms with E-state index in [1.807, 2.05) is 30.3 Å². The molecule has 0 N–H and O–H groups in total. The van der Waals surface area contributed by atoms with E-state index >= 15 is 0 Å². The molecule has 0 aromatic heterocycles. The molecule has 2 rings (SSSR count). The van der Waals surface area contributed by atoms with Crippen LogP contribution < -0.4 is 0 Å². The molecule has 4 heteroatoms. The Kier molecular flexibility index (Phi) is 4.99. The highest BCUT2D eigenvalue weighted by Crippen LogP contribution is 2.24. The van der Waals surface area contributed by atoms with Gasteiger partial charge in [-0.3, -0.25) is 0 Å². The maximum atomic E-state index is 12.4. The van der Waals surface area contributed by atoms with Crippen LogP contribution in [0.25, 0.3) is 0 Å². The molecule has 0 bridgehead atoms. The van der Waals surface area contributed by atoms with Crippen LogP contribution >= 0.6 is 0 Å². The van der Waals surface area contributed by atoms with E-state index in [0.29, 0.717) is 0 Å². The number of rotatable bonds is 4. The molecule has 0 aliphatic heterocycles. The standard InChI is InChI=1S/C15H23NO2S/c1-16(15-11-7-2-3-8-12-15)19(17,18)13-14-9-5-4-6-10-14/h4-6,9-10,15H,2-3,7-8,11-13H2,1H3. The number of benzene rings is 1. The minimum Gasteiger partial charge on any atom is -0.212 e. The lowest BCUT2D eigenvalue weighted by Gasteiger charge is -2.26. The fourth-order valence-electron chi connectivity index (χ4n) is 2.74. The first-order valence-electron chi connectivity index (χ1n) is 7.09. The maximum Gasteiger partial charge on any atom is 0.218 e. The third-order valence-electron chi connectivity index (χ3n) is 3.97. The lowest BCUT2D eigenvalue weighted by Crippen LogP contribution is -2.37. The molecule has 1 aromatic carbocycles. The highest BCUT2D eigenvalue weighted by atomic mass is 32.2. The summed E-state index contributed by atoms with van der Waals surface area (Å²) < 4.78 is 26.5. The Labute approximate surface area is 116 Å². The molecule has 1 saturated carbocycles. The fraction of sp³-hybridized carbons (Fsp3) is 0.600. The average molecular weight is 281 g/mol. The Morgan fingerprint density at radius 1 is 1.05 bits per heavy atom. The van der Waals surface area contributed by atoms with Crippen LogP contribution in [-0.2, 0) is 15.8 Å². The number of nitrogens with zero attached hydrogens (tertiary/aromatic N) is 1. The van der Waals surface area contributed by atoms with E-state index in [4.69, 9.17) is 0 Å². The maximum absolute atomic E-state index is 12.4. The highest BCUT2D eigenvalue weighted by molar-refractivity contribution is 7.88. The van der Waals surface area contributed by atoms with Gasteiger partial charge in [0, 0.05) is 13.1 Å².